The zero-order chi connectivity index (χ0) is 11.9. The van der Waals surface area contributed by atoms with Gasteiger partial charge in [-0.1, -0.05) is 18.9 Å². The molecule has 0 radical (unpaired) electrons. The molecule has 0 spiro atoms. The SMILES string of the molecule is CC(O)(CC1CC1)c1ccc2c(c1)OCCO2. The van der Waals surface area contributed by atoms with E-state index in [2.05, 4.69) is 0 Å². The van der Waals surface area contributed by atoms with Crippen LogP contribution in [0.15, 0.2) is 18.2 Å². The molecule has 3 rings (SSSR count). The van der Waals surface area contributed by atoms with E-state index < -0.39 is 5.60 Å². The van der Waals surface area contributed by atoms with Crippen LogP contribution in [0.1, 0.15) is 31.7 Å². The van der Waals surface area contributed by atoms with E-state index in [-0.39, 0.29) is 0 Å². The Morgan fingerprint density at radius 2 is 1.94 bits per heavy atom. The van der Waals surface area contributed by atoms with Crippen LogP contribution in [0.25, 0.3) is 0 Å². The Bertz CT molecular complexity index is 421. The monoisotopic (exact) mass is 234 g/mol. The second kappa shape index (κ2) is 3.91. The number of benzene rings is 1. The number of ether oxygens (including phenoxy) is 2. The van der Waals surface area contributed by atoms with Crippen molar-refractivity contribution in [1.29, 1.82) is 0 Å². The van der Waals surface area contributed by atoms with Crippen molar-refractivity contribution < 1.29 is 14.6 Å². The standard InChI is InChI=1S/C14H18O3/c1-14(15,9-10-2-3-10)11-4-5-12-13(8-11)17-7-6-16-12/h4-5,8,10,15H,2-3,6-7,9H2,1H3. The molecule has 1 unspecified atom stereocenters. The Kier molecular flexibility index (Phi) is 2.51. The molecule has 0 amide bonds. The molecule has 0 bridgehead atoms. The first kappa shape index (κ1) is 10.9. The van der Waals surface area contributed by atoms with Crippen LogP contribution in [0.2, 0.25) is 0 Å². The molecule has 0 aromatic heterocycles. The van der Waals surface area contributed by atoms with Crippen molar-refractivity contribution in [2.75, 3.05) is 13.2 Å². The summed E-state index contributed by atoms with van der Waals surface area (Å²) >= 11 is 0. The van der Waals surface area contributed by atoms with Gasteiger partial charge in [-0.2, -0.15) is 0 Å². The van der Waals surface area contributed by atoms with Gasteiger partial charge in [0, 0.05) is 0 Å². The maximum absolute atomic E-state index is 10.5. The average molecular weight is 234 g/mol. The summed E-state index contributed by atoms with van der Waals surface area (Å²) < 4.78 is 11.0. The lowest BCUT2D eigenvalue weighted by Gasteiger charge is -2.26. The summed E-state index contributed by atoms with van der Waals surface area (Å²) in [7, 11) is 0. The van der Waals surface area contributed by atoms with Crippen molar-refractivity contribution >= 4 is 0 Å². The molecule has 17 heavy (non-hydrogen) atoms. The van der Waals surface area contributed by atoms with Crippen LogP contribution < -0.4 is 9.47 Å². The number of aliphatic hydroxyl groups is 1. The summed E-state index contributed by atoms with van der Waals surface area (Å²) in [6, 6.07) is 5.75. The fourth-order valence-electron chi connectivity index (χ4n) is 2.38. The summed E-state index contributed by atoms with van der Waals surface area (Å²) in [6.07, 6.45) is 3.34. The van der Waals surface area contributed by atoms with Gasteiger partial charge in [-0.25, -0.2) is 0 Å². The van der Waals surface area contributed by atoms with Gasteiger partial charge in [-0.05, 0) is 37.0 Å². The lowest BCUT2D eigenvalue weighted by molar-refractivity contribution is 0.0411. The molecular weight excluding hydrogens is 216 g/mol. The van der Waals surface area contributed by atoms with E-state index in [1.807, 2.05) is 25.1 Å². The predicted molar refractivity (Wildman–Crippen MR) is 64.3 cm³/mol. The molecule has 1 N–H and O–H groups in total. The Hall–Kier alpha value is -1.22. The minimum Gasteiger partial charge on any atom is -0.486 e. The Morgan fingerprint density at radius 3 is 2.65 bits per heavy atom. The molecule has 2 aliphatic rings. The van der Waals surface area contributed by atoms with Gasteiger partial charge in [0.2, 0.25) is 0 Å². The van der Waals surface area contributed by atoms with Crippen molar-refractivity contribution in [3.8, 4) is 11.5 Å². The quantitative estimate of drug-likeness (QED) is 0.873. The molecule has 1 aromatic carbocycles. The van der Waals surface area contributed by atoms with Gasteiger partial charge < -0.3 is 14.6 Å². The smallest absolute Gasteiger partial charge is 0.161 e. The average Bonchev–Trinajstić information content (AvgIpc) is 3.11. The van der Waals surface area contributed by atoms with Gasteiger partial charge in [-0.3, -0.25) is 0 Å². The highest BCUT2D eigenvalue weighted by Crippen LogP contribution is 2.42. The van der Waals surface area contributed by atoms with E-state index in [4.69, 9.17) is 9.47 Å². The molecule has 1 aliphatic heterocycles. The van der Waals surface area contributed by atoms with Crippen LogP contribution in [-0.4, -0.2) is 18.3 Å². The highest BCUT2D eigenvalue weighted by Gasteiger charge is 2.33. The van der Waals surface area contributed by atoms with Crippen molar-refractivity contribution in [3.63, 3.8) is 0 Å². The van der Waals surface area contributed by atoms with Gasteiger partial charge in [-0.15, -0.1) is 0 Å². The van der Waals surface area contributed by atoms with Crippen LogP contribution in [0.4, 0.5) is 0 Å². The summed E-state index contributed by atoms with van der Waals surface area (Å²) in [5.41, 5.74) is 0.172. The molecule has 1 saturated carbocycles. The zero-order valence-corrected chi connectivity index (χ0v) is 10.1. The van der Waals surface area contributed by atoms with Crippen molar-refractivity contribution in [2.45, 2.75) is 31.8 Å². The molecule has 3 heteroatoms. The summed E-state index contributed by atoms with van der Waals surface area (Å²) in [5.74, 6) is 2.23. The maximum Gasteiger partial charge on any atom is 0.161 e. The van der Waals surface area contributed by atoms with E-state index in [1.165, 1.54) is 12.8 Å². The second-order valence-electron chi connectivity index (χ2n) is 5.28. The Labute approximate surface area is 101 Å². The lowest BCUT2D eigenvalue weighted by Crippen LogP contribution is -2.23. The summed E-state index contributed by atoms with van der Waals surface area (Å²) in [5, 5.41) is 10.5. The normalized spacial score (nSPS) is 22.0. The first-order valence-corrected chi connectivity index (χ1v) is 6.28. The molecule has 0 saturated heterocycles. The van der Waals surface area contributed by atoms with E-state index in [0.29, 0.717) is 19.1 Å². The molecule has 1 fully saturated rings. The molecule has 1 aromatic rings. The fraction of sp³-hybridized carbons (Fsp3) is 0.571. The van der Waals surface area contributed by atoms with Crippen LogP contribution in [0.5, 0.6) is 11.5 Å². The van der Waals surface area contributed by atoms with E-state index >= 15 is 0 Å². The van der Waals surface area contributed by atoms with Crippen LogP contribution in [-0.2, 0) is 5.60 Å². The topological polar surface area (TPSA) is 38.7 Å². The first-order valence-electron chi connectivity index (χ1n) is 6.28. The molecule has 3 nitrogen and oxygen atoms in total. The fourth-order valence-corrected chi connectivity index (χ4v) is 2.38. The van der Waals surface area contributed by atoms with E-state index in [0.717, 1.165) is 23.5 Å². The van der Waals surface area contributed by atoms with Gasteiger partial charge in [0.15, 0.2) is 11.5 Å². The third-order valence-electron chi connectivity index (χ3n) is 3.55. The van der Waals surface area contributed by atoms with Gasteiger partial charge in [0.05, 0.1) is 5.60 Å². The van der Waals surface area contributed by atoms with E-state index in [1.54, 1.807) is 0 Å². The first-order chi connectivity index (χ1) is 8.15. The van der Waals surface area contributed by atoms with Gasteiger partial charge in [0.25, 0.3) is 0 Å². The van der Waals surface area contributed by atoms with Crippen molar-refractivity contribution in [2.24, 2.45) is 5.92 Å². The maximum atomic E-state index is 10.5. The van der Waals surface area contributed by atoms with Gasteiger partial charge in [0.1, 0.15) is 13.2 Å². The number of rotatable bonds is 3. The third kappa shape index (κ3) is 2.25. The number of fused-ring (bicyclic) bond motifs is 1. The zero-order valence-electron chi connectivity index (χ0n) is 10.1. The third-order valence-corrected chi connectivity index (χ3v) is 3.55. The Morgan fingerprint density at radius 1 is 1.24 bits per heavy atom. The minimum absolute atomic E-state index is 0.585. The summed E-state index contributed by atoms with van der Waals surface area (Å²) in [6.45, 7) is 3.07. The predicted octanol–water partition coefficient (Wildman–Crippen LogP) is 2.47. The largest absolute Gasteiger partial charge is 0.486 e. The second-order valence-corrected chi connectivity index (χ2v) is 5.28. The Balaban J connectivity index is 1.86. The van der Waals surface area contributed by atoms with Crippen molar-refractivity contribution in [1.82, 2.24) is 0 Å². The highest BCUT2D eigenvalue weighted by molar-refractivity contribution is 5.45. The summed E-state index contributed by atoms with van der Waals surface area (Å²) in [4.78, 5) is 0. The van der Waals surface area contributed by atoms with Crippen molar-refractivity contribution in [3.05, 3.63) is 23.8 Å². The lowest BCUT2D eigenvalue weighted by atomic mass is 9.90. The minimum atomic E-state index is -0.753. The van der Waals surface area contributed by atoms with E-state index in [9.17, 15) is 5.11 Å². The molecular formula is C14H18O3. The highest BCUT2D eigenvalue weighted by atomic mass is 16.6. The molecule has 1 heterocycles. The van der Waals surface area contributed by atoms with Gasteiger partial charge >= 0.3 is 0 Å². The van der Waals surface area contributed by atoms with Crippen LogP contribution in [0, 0.1) is 5.92 Å². The van der Waals surface area contributed by atoms with Crippen LogP contribution >= 0.6 is 0 Å². The molecule has 1 atom stereocenters. The number of hydrogen-bond acceptors (Lipinski definition) is 3. The van der Waals surface area contributed by atoms with Crippen LogP contribution in [0.3, 0.4) is 0 Å². The molecule has 1 aliphatic carbocycles. The number of hydrogen-bond donors (Lipinski definition) is 1. The molecule has 92 valence electrons.